The van der Waals surface area contributed by atoms with Crippen molar-refractivity contribution >= 4 is 61.8 Å². The van der Waals surface area contributed by atoms with Crippen LogP contribution in [0.25, 0.3) is 10.9 Å². The molecule has 3 fully saturated rings. The molecule has 1 aliphatic carbocycles. The van der Waals surface area contributed by atoms with Crippen molar-refractivity contribution in [2.24, 2.45) is 16.8 Å². The van der Waals surface area contributed by atoms with Crippen LogP contribution < -0.4 is 0 Å². The van der Waals surface area contributed by atoms with Gasteiger partial charge in [0, 0.05) is 41.1 Å². The summed E-state index contributed by atoms with van der Waals surface area (Å²) in [5.41, 5.74) is 2.88. The highest BCUT2D eigenvalue weighted by atomic mass is 32.2. The zero-order chi connectivity index (χ0) is 24.8. The third-order valence-electron chi connectivity index (χ3n) is 9.04. The lowest BCUT2D eigenvalue weighted by atomic mass is 9.60. The van der Waals surface area contributed by atoms with Gasteiger partial charge in [-0.15, -0.1) is 0 Å². The lowest BCUT2D eigenvalue weighted by molar-refractivity contribution is -0.152. The topological polar surface area (TPSA) is 61.0 Å². The first kappa shape index (κ1) is 23.5. The molecule has 0 saturated carbocycles. The molecule has 1 N–H and O–H groups in total. The van der Waals surface area contributed by atoms with Crippen LogP contribution in [0, 0.1) is 11.8 Å². The van der Waals surface area contributed by atoms with Gasteiger partial charge < -0.3 is 14.6 Å². The molecule has 1 amide bonds. The van der Waals surface area contributed by atoms with Gasteiger partial charge in [0.15, 0.2) is 0 Å². The maximum absolute atomic E-state index is 14.4. The van der Waals surface area contributed by atoms with E-state index in [1.165, 1.54) is 28.4 Å². The molecule has 2 bridgehead atoms. The van der Waals surface area contributed by atoms with E-state index in [-0.39, 0.29) is 29.3 Å². The Morgan fingerprint density at radius 2 is 2.11 bits per heavy atom. The maximum atomic E-state index is 14.4. The van der Waals surface area contributed by atoms with Crippen LogP contribution in [0.1, 0.15) is 57.9 Å². The zero-order valence-electron chi connectivity index (χ0n) is 20.8. The number of amides is 1. The summed E-state index contributed by atoms with van der Waals surface area (Å²) in [6, 6.07) is 8.53. The molecule has 188 valence electrons. The van der Waals surface area contributed by atoms with Gasteiger partial charge in [-0.2, -0.15) is 0 Å². The highest BCUT2D eigenvalue weighted by molar-refractivity contribution is 8.48. The molecule has 1 aromatic heterocycles. The number of epoxide rings is 1. The molecule has 3 saturated heterocycles. The van der Waals surface area contributed by atoms with Gasteiger partial charge in [-0.25, -0.2) is 0 Å². The van der Waals surface area contributed by atoms with Crippen molar-refractivity contribution in [3.8, 4) is 0 Å². The normalized spacial score (nSPS) is 41.5. The van der Waals surface area contributed by atoms with Crippen molar-refractivity contribution in [2.75, 3.05) is 0 Å². The van der Waals surface area contributed by atoms with Crippen LogP contribution in [0.3, 0.4) is 0 Å². The number of thiocarbonyl (C=S) groups is 1. The molecule has 8 atom stereocenters. The number of aromatic amines is 1. The Labute approximate surface area is 225 Å². The molecule has 5 heterocycles. The van der Waals surface area contributed by atoms with Gasteiger partial charge in [0.1, 0.15) is 9.19 Å². The minimum atomic E-state index is -0.710. The number of rotatable bonds is 3. The number of hydrogen-bond donors (Lipinski definition) is 1. The van der Waals surface area contributed by atoms with Crippen LogP contribution in [0.5, 0.6) is 0 Å². The van der Waals surface area contributed by atoms with Gasteiger partial charge >= 0.3 is 0 Å². The number of carbonyl (C=O) groups excluding carboxylic acids is 1. The number of ether oxygens (including phenoxy) is 1. The van der Waals surface area contributed by atoms with Gasteiger partial charge in [-0.1, -0.05) is 60.0 Å². The van der Waals surface area contributed by atoms with Gasteiger partial charge in [-0.3, -0.25) is 9.79 Å². The summed E-state index contributed by atoms with van der Waals surface area (Å²) in [7, 11) is 0. The van der Waals surface area contributed by atoms with Crippen molar-refractivity contribution in [2.45, 2.75) is 80.4 Å². The van der Waals surface area contributed by atoms with Crippen LogP contribution in [0.4, 0.5) is 0 Å². The minimum absolute atomic E-state index is 0.105. The average Bonchev–Trinajstić information content (AvgIpc) is 3.38. The van der Waals surface area contributed by atoms with Crippen molar-refractivity contribution in [3.05, 3.63) is 48.2 Å². The number of nitrogens with zero attached hydrogens (tertiary/aromatic N) is 2. The third kappa shape index (κ3) is 3.36. The summed E-state index contributed by atoms with van der Waals surface area (Å²) in [4.78, 5) is 25.2. The molecule has 36 heavy (non-hydrogen) atoms. The molecule has 2 aromatic rings. The molecule has 8 heteroatoms. The summed E-state index contributed by atoms with van der Waals surface area (Å²) in [6.45, 7) is 6.35. The number of piperidine rings is 1. The Balaban J connectivity index is 1.47. The number of thioether (sulfide) groups is 2. The van der Waals surface area contributed by atoms with Crippen molar-refractivity contribution in [1.29, 1.82) is 0 Å². The number of benzene rings is 1. The Hall–Kier alpha value is -1.61. The SMILES string of the molecule is CC1SC(=S)SC2(CC3OC3C)CC3C4CCC=CC4=NC(C)(C3c3c[nH]c4ccccc34)N2C1=O. The Bertz CT molecular complexity index is 1340. The molecular formula is C28H31N3O2S3. The summed E-state index contributed by atoms with van der Waals surface area (Å²) in [5, 5.41) is 1.00. The van der Waals surface area contributed by atoms with Gasteiger partial charge in [0.05, 0.1) is 22.3 Å². The molecule has 1 aromatic carbocycles. The summed E-state index contributed by atoms with van der Waals surface area (Å²) < 4.78 is 6.83. The van der Waals surface area contributed by atoms with E-state index in [4.69, 9.17) is 21.9 Å². The Kier molecular flexibility index (Phi) is 5.35. The summed E-state index contributed by atoms with van der Waals surface area (Å²) in [6.07, 6.45) is 10.9. The summed E-state index contributed by atoms with van der Waals surface area (Å²) >= 11 is 9.15. The average molecular weight is 538 g/mol. The zero-order valence-corrected chi connectivity index (χ0v) is 23.2. The largest absolute Gasteiger partial charge is 0.370 e. The molecule has 4 aliphatic heterocycles. The molecule has 8 unspecified atom stereocenters. The van der Waals surface area contributed by atoms with E-state index in [0.29, 0.717) is 11.8 Å². The molecule has 0 spiro atoms. The Morgan fingerprint density at radius 1 is 1.31 bits per heavy atom. The van der Waals surface area contributed by atoms with Gasteiger partial charge in [0.25, 0.3) is 0 Å². The van der Waals surface area contributed by atoms with Crippen LogP contribution in [0.2, 0.25) is 0 Å². The van der Waals surface area contributed by atoms with Gasteiger partial charge in [-0.05, 0) is 63.7 Å². The third-order valence-corrected chi connectivity index (χ3v) is 11.9. The maximum Gasteiger partial charge on any atom is 0.238 e. The quantitative estimate of drug-likeness (QED) is 0.370. The van der Waals surface area contributed by atoms with Crippen molar-refractivity contribution in [1.82, 2.24) is 9.88 Å². The molecule has 5 aliphatic rings. The second-order valence-electron chi connectivity index (χ2n) is 11.2. The van der Waals surface area contributed by atoms with Gasteiger partial charge in [0.2, 0.25) is 5.91 Å². The number of nitrogens with one attached hydrogen (secondary N) is 1. The number of H-pyrrole nitrogens is 1. The molecular weight excluding hydrogens is 507 g/mol. The highest BCUT2D eigenvalue weighted by Gasteiger charge is 2.66. The lowest BCUT2D eigenvalue weighted by Gasteiger charge is -2.63. The van der Waals surface area contributed by atoms with E-state index in [9.17, 15) is 4.79 Å². The predicted octanol–water partition coefficient (Wildman–Crippen LogP) is 6.26. The number of para-hydroxylation sites is 1. The number of carbonyl (C=O) groups is 1. The fourth-order valence-corrected chi connectivity index (χ4v) is 11.2. The minimum Gasteiger partial charge on any atom is -0.370 e. The number of hydrogen-bond acceptors (Lipinski definition) is 6. The van der Waals surface area contributed by atoms with Crippen molar-refractivity contribution < 1.29 is 9.53 Å². The number of allylic oxidation sites excluding steroid dienone is 2. The second kappa shape index (κ2) is 8.19. The number of aromatic nitrogens is 1. The fraction of sp³-hybridized carbons (Fsp3) is 0.536. The molecule has 0 radical (unpaired) electrons. The second-order valence-corrected chi connectivity index (χ2v) is 15.1. The number of fused-ring (bicyclic) bond motifs is 7. The smallest absolute Gasteiger partial charge is 0.238 e. The standard InChI is InChI=1S/C28H31N3O2S3/c1-15-23(33-15)13-28-12-19-17-8-5-7-11-22(17)30-27(3,31(28)25(32)16(2)35-26(34)36-28)24(19)20-14-29-21-10-6-4-9-18(20)21/h4,6-7,9-11,14-17,19,23-24,29H,5,8,12-13H2,1-3H3. The number of aliphatic imine (C=N–C) groups is 1. The molecule has 5 nitrogen and oxygen atoms in total. The van der Waals surface area contributed by atoms with E-state index in [2.05, 4.69) is 66.3 Å². The summed E-state index contributed by atoms with van der Waals surface area (Å²) in [5.74, 6) is 0.997. The monoisotopic (exact) mass is 537 g/mol. The first-order valence-electron chi connectivity index (χ1n) is 13.0. The van der Waals surface area contributed by atoms with E-state index in [1.54, 1.807) is 11.8 Å². The van der Waals surface area contributed by atoms with E-state index >= 15 is 0 Å². The Morgan fingerprint density at radius 3 is 2.92 bits per heavy atom. The van der Waals surface area contributed by atoms with E-state index < -0.39 is 10.5 Å². The first-order valence-corrected chi connectivity index (χ1v) is 15.1. The van der Waals surface area contributed by atoms with Crippen LogP contribution in [-0.4, -0.2) is 53.0 Å². The molecule has 7 rings (SSSR count). The van der Waals surface area contributed by atoms with Crippen LogP contribution >= 0.6 is 35.7 Å². The van der Waals surface area contributed by atoms with E-state index in [1.807, 2.05) is 6.92 Å². The van der Waals surface area contributed by atoms with Crippen molar-refractivity contribution in [3.63, 3.8) is 0 Å². The fourth-order valence-electron chi connectivity index (χ4n) is 7.51. The van der Waals surface area contributed by atoms with E-state index in [0.717, 1.165) is 34.7 Å². The highest BCUT2D eigenvalue weighted by Crippen LogP contribution is 2.64. The predicted molar refractivity (Wildman–Crippen MR) is 153 cm³/mol. The lowest BCUT2D eigenvalue weighted by Crippen LogP contribution is -2.71. The van der Waals surface area contributed by atoms with Crippen LogP contribution in [-0.2, 0) is 9.53 Å². The van der Waals surface area contributed by atoms with Crippen LogP contribution in [0.15, 0.2) is 47.6 Å². The first-order chi connectivity index (χ1) is 17.3.